The van der Waals surface area contributed by atoms with E-state index < -0.39 is 29.3 Å². The Morgan fingerprint density at radius 3 is 2.13 bits per heavy atom. The van der Waals surface area contributed by atoms with Crippen LogP contribution in [0.5, 0.6) is 0 Å². The fraction of sp³-hybridized carbons (Fsp3) is 0.455. The van der Waals surface area contributed by atoms with Gasteiger partial charge in [-0.1, -0.05) is 24.3 Å². The molecule has 162 valence electrons. The van der Waals surface area contributed by atoms with E-state index >= 15 is 0 Å². The first-order valence-corrected chi connectivity index (χ1v) is 10.4. The molecule has 0 radical (unpaired) electrons. The van der Waals surface area contributed by atoms with Gasteiger partial charge in [0.25, 0.3) is 0 Å². The predicted octanol–water partition coefficient (Wildman–Crippen LogP) is 4.68. The van der Waals surface area contributed by atoms with Crippen molar-refractivity contribution in [3.05, 3.63) is 46.7 Å². The molecule has 0 aliphatic heterocycles. The van der Waals surface area contributed by atoms with Crippen molar-refractivity contribution in [3.8, 4) is 11.4 Å². The van der Waals surface area contributed by atoms with Crippen LogP contribution in [0.15, 0.2) is 41.1 Å². The molecule has 0 unspecified atom stereocenters. The highest BCUT2D eigenvalue weighted by Crippen LogP contribution is 2.23. The lowest BCUT2D eigenvalue weighted by Crippen LogP contribution is -2.47. The van der Waals surface area contributed by atoms with E-state index in [0.29, 0.717) is 5.82 Å². The standard InChI is InChI=1S/C22H28BrN3O4/c1-21(2,3)29-19(27)17(26-20(28)30-22(4,5)6)11-14-9-7-8-10-16(14)18-24-12-15(23)13-25-18/h7-10,12-13,17H,11H2,1-6H3,(H,26,28)/t17-/m0/s1. The number of hydrogen-bond donors (Lipinski definition) is 1. The van der Waals surface area contributed by atoms with Crippen molar-refractivity contribution < 1.29 is 19.1 Å². The van der Waals surface area contributed by atoms with Crippen molar-refractivity contribution in [1.29, 1.82) is 0 Å². The first kappa shape index (κ1) is 23.8. The second-order valence-electron chi connectivity index (χ2n) is 8.82. The Hall–Kier alpha value is -2.48. The van der Waals surface area contributed by atoms with Crippen LogP contribution in [-0.2, 0) is 20.7 Å². The summed E-state index contributed by atoms with van der Waals surface area (Å²) in [6.07, 6.45) is 2.83. The Balaban J connectivity index is 2.32. The molecule has 0 spiro atoms. The minimum Gasteiger partial charge on any atom is -0.458 e. The van der Waals surface area contributed by atoms with Crippen molar-refractivity contribution in [3.63, 3.8) is 0 Å². The van der Waals surface area contributed by atoms with Gasteiger partial charge in [-0.3, -0.25) is 0 Å². The third-order valence-corrected chi connectivity index (χ3v) is 4.09. The van der Waals surface area contributed by atoms with Gasteiger partial charge < -0.3 is 14.8 Å². The molecule has 0 fully saturated rings. The predicted molar refractivity (Wildman–Crippen MR) is 118 cm³/mol. The summed E-state index contributed by atoms with van der Waals surface area (Å²) in [4.78, 5) is 33.9. The number of ether oxygens (including phenoxy) is 2. The summed E-state index contributed by atoms with van der Waals surface area (Å²) in [5, 5.41) is 2.65. The van der Waals surface area contributed by atoms with E-state index in [-0.39, 0.29) is 6.42 Å². The van der Waals surface area contributed by atoms with Gasteiger partial charge in [0.2, 0.25) is 0 Å². The Kier molecular flexibility index (Phi) is 7.58. The van der Waals surface area contributed by atoms with Crippen LogP contribution >= 0.6 is 15.9 Å². The molecule has 2 rings (SSSR count). The maximum Gasteiger partial charge on any atom is 0.408 e. The molecule has 0 aliphatic rings. The molecule has 8 heteroatoms. The van der Waals surface area contributed by atoms with Crippen LogP contribution in [0, 0.1) is 0 Å². The normalized spacial score (nSPS) is 12.8. The third kappa shape index (κ3) is 7.74. The van der Waals surface area contributed by atoms with E-state index in [1.165, 1.54) is 0 Å². The molecule has 0 saturated carbocycles. The van der Waals surface area contributed by atoms with Crippen LogP contribution in [0.4, 0.5) is 4.79 Å². The number of aromatic nitrogens is 2. The summed E-state index contributed by atoms with van der Waals surface area (Å²) in [7, 11) is 0. The van der Waals surface area contributed by atoms with Crippen molar-refractivity contribution in [2.24, 2.45) is 0 Å². The molecule has 1 aromatic carbocycles. The molecule has 1 N–H and O–H groups in total. The number of nitrogens with one attached hydrogen (secondary N) is 1. The Morgan fingerprint density at radius 2 is 1.57 bits per heavy atom. The first-order valence-electron chi connectivity index (χ1n) is 9.62. The maximum absolute atomic E-state index is 12.8. The Morgan fingerprint density at radius 1 is 1.00 bits per heavy atom. The molecule has 0 saturated heterocycles. The van der Waals surface area contributed by atoms with Crippen molar-refractivity contribution in [2.75, 3.05) is 0 Å². The topological polar surface area (TPSA) is 90.4 Å². The minimum atomic E-state index is -0.935. The number of benzene rings is 1. The summed E-state index contributed by atoms with van der Waals surface area (Å²) < 4.78 is 11.6. The molecule has 1 heterocycles. The van der Waals surface area contributed by atoms with Gasteiger partial charge in [0.1, 0.15) is 17.2 Å². The molecule has 7 nitrogen and oxygen atoms in total. The lowest BCUT2D eigenvalue weighted by molar-refractivity contribution is -0.157. The number of esters is 1. The summed E-state index contributed by atoms with van der Waals surface area (Å²) >= 11 is 3.33. The van der Waals surface area contributed by atoms with Gasteiger partial charge in [0.05, 0.1) is 4.47 Å². The van der Waals surface area contributed by atoms with E-state index in [4.69, 9.17) is 9.47 Å². The molecule has 1 amide bonds. The zero-order chi connectivity index (χ0) is 22.5. The zero-order valence-corrected chi connectivity index (χ0v) is 19.7. The fourth-order valence-corrected chi connectivity index (χ4v) is 2.81. The minimum absolute atomic E-state index is 0.198. The summed E-state index contributed by atoms with van der Waals surface area (Å²) in [6.45, 7) is 10.6. The number of halogens is 1. The smallest absolute Gasteiger partial charge is 0.408 e. The number of alkyl carbamates (subject to hydrolysis) is 1. The maximum atomic E-state index is 12.8. The molecule has 2 aromatic rings. The van der Waals surface area contributed by atoms with E-state index in [9.17, 15) is 9.59 Å². The van der Waals surface area contributed by atoms with Crippen LogP contribution in [0.25, 0.3) is 11.4 Å². The van der Waals surface area contributed by atoms with Gasteiger partial charge in [-0.2, -0.15) is 0 Å². The lowest BCUT2D eigenvalue weighted by Gasteiger charge is -2.26. The summed E-state index contributed by atoms with van der Waals surface area (Å²) in [5.74, 6) is -0.0195. The molecule has 1 atom stereocenters. The van der Waals surface area contributed by atoms with Crippen LogP contribution < -0.4 is 5.32 Å². The summed E-state index contributed by atoms with van der Waals surface area (Å²) in [6, 6.07) is 6.54. The average Bonchev–Trinajstić information content (AvgIpc) is 2.59. The van der Waals surface area contributed by atoms with Gasteiger partial charge in [0.15, 0.2) is 5.82 Å². The monoisotopic (exact) mass is 477 g/mol. The molecule has 1 aromatic heterocycles. The van der Waals surface area contributed by atoms with Gasteiger partial charge in [0, 0.05) is 24.4 Å². The molecule has 0 bridgehead atoms. The van der Waals surface area contributed by atoms with Crippen LogP contribution in [0.2, 0.25) is 0 Å². The second kappa shape index (κ2) is 9.55. The second-order valence-corrected chi connectivity index (χ2v) is 9.73. The van der Waals surface area contributed by atoms with Crippen LogP contribution in [0.3, 0.4) is 0 Å². The van der Waals surface area contributed by atoms with E-state index in [1.54, 1.807) is 53.9 Å². The van der Waals surface area contributed by atoms with Gasteiger partial charge in [-0.15, -0.1) is 0 Å². The van der Waals surface area contributed by atoms with E-state index in [2.05, 4.69) is 31.2 Å². The highest BCUT2D eigenvalue weighted by Gasteiger charge is 2.29. The van der Waals surface area contributed by atoms with Crippen molar-refractivity contribution in [2.45, 2.75) is 65.2 Å². The fourth-order valence-electron chi connectivity index (χ4n) is 2.60. The summed E-state index contributed by atoms with van der Waals surface area (Å²) in [5.41, 5.74) is 0.182. The zero-order valence-electron chi connectivity index (χ0n) is 18.2. The van der Waals surface area contributed by atoms with Crippen LogP contribution in [0.1, 0.15) is 47.1 Å². The van der Waals surface area contributed by atoms with Crippen LogP contribution in [-0.4, -0.2) is 39.3 Å². The SMILES string of the molecule is CC(C)(C)OC(=O)N[C@@H](Cc1ccccc1-c1ncc(Br)cn1)C(=O)OC(C)(C)C. The van der Waals surface area contributed by atoms with Gasteiger partial charge >= 0.3 is 12.1 Å². The number of amides is 1. The largest absolute Gasteiger partial charge is 0.458 e. The highest BCUT2D eigenvalue weighted by atomic mass is 79.9. The number of rotatable bonds is 5. The van der Waals surface area contributed by atoms with Crippen molar-refractivity contribution in [1.82, 2.24) is 15.3 Å². The third-order valence-electron chi connectivity index (χ3n) is 3.68. The number of carbonyl (C=O) groups excluding carboxylic acids is 2. The molecule has 0 aliphatic carbocycles. The number of carbonyl (C=O) groups is 2. The van der Waals surface area contributed by atoms with E-state index in [0.717, 1.165) is 15.6 Å². The number of hydrogen-bond acceptors (Lipinski definition) is 6. The lowest BCUT2D eigenvalue weighted by atomic mass is 9.99. The Labute approximate surface area is 185 Å². The number of nitrogens with zero attached hydrogens (tertiary/aromatic N) is 2. The average molecular weight is 478 g/mol. The quantitative estimate of drug-likeness (QED) is 0.628. The van der Waals surface area contributed by atoms with Gasteiger partial charge in [-0.05, 0) is 63.0 Å². The molecule has 30 heavy (non-hydrogen) atoms. The Bertz CT molecular complexity index is 886. The first-order chi connectivity index (χ1) is 13.8. The van der Waals surface area contributed by atoms with E-state index in [1.807, 2.05) is 24.3 Å². The van der Waals surface area contributed by atoms with Crippen molar-refractivity contribution >= 4 is 28.0 Å². The highest BCUT2D eigenvalue weighted by molar-refractivity contribution is 9.10. The van der Waals surface area contributed by atoms with Gasteiger partial charge in [-0.25, -0.2) is 19.6 Å². The molecular formula is C22H28BrN3O4. The molecular weight excluding hydrogens is 450 g/mol.